The fraction of sp³-hybridized carbons (Fsp3) is 0.250. The zero-order valence-corrected chi connectivity index (χ0v) is 11.9. The lowest BCUT2D eigenvalue weighted by molar-refractivity contribution is 0.0946. The summed E-state index contributed by atoms with van der Waals surface area (Å²) in [5.74, 6) is -0.597. The maximum Gasteiger partial charge on any atom is 0.176 e. The molecule has 0 amide bonds. The lowest BCUT2D eigenvalue weighted by Crippen LogP contribution is -2.28. The van der Waals surface area contributed by atoms with E-state index in [1.165, 1.54) is 23.8 Å². The molecule has 2 N–H and O–H groups in total. The van der Waals surface area contributed by atoms with Gasteiger partial charge in [-0.1, -0.05) is 0 Å². The van der Waals surface area contributed by atoms with E-state index in [4.69, 9.17) is 0 Å². The third kappa shape index (κ3) is 4.29. The number of aromatic nitrogens is 1. The van der Waals surface area contributed by atoms with Crippen LogP contribution in [-0.2, 0) is 6.42 Å². The Kier molecular flexibility index (Phi) is 4.90. The van der Waals surface area contributed by atoms with Crippen LogP contribution in [0.1, 0.15) is 15.9 Å². The van der Waals surface area contributed by atoms with Crippen LogP contribution in [0, 0.1) is 0 Å². The molecule has 0 unspecified atom stereocenters. The van der Waals surface area contributed by atoms with Gasteiger partial charge in [-0.25, -0.2) is 0 Å². The molecular weight excluding hydrogens is 268 g/mol. The van der Waals surface area contributed by atoms with E-state index < -0.39 is 0 Å². The molecule has 5 nitrogen and oxygen atoms in total. The van der Waals surface area contributed by atoms with E-state index in [2.05, 4.69) is 4.98 Å². The first-order valence-electron chi connectivity index (χ1n) is 6.69. The molecule has 2 aromatic rings. The Morgan fingerprint density at radius 1 is 1.14 bits per heavy atom. The predicted molar refractivity (Wildman–Crippen MR) is 79.5 cm³/mol. The van der Waals surface area contributed by atoms with Crippen LogP contribution in [0.15, 0.2) is 42.7 Å². The summed E-state index contributed by atoms with van der Waals surface area (Å²) in [6, 6.07) is 8.02. The van der Waals surface area contributed by atoms with E-state index in [-0.39, 0.29) is 23.8 Å². The summed E-state index contributed by atoms with van der Waals surface area (Å²) >= 11 is 0. The SMILES string of the molecule is CN(CCc1ccncc1)CC(=O)c1ccc(O)c(O)c1. The smallest absolute Gasteiger partial charge is 0.176 e. The number of aromatic hydroxyl groups is 2. The number of hydrogen-bond donors (Lipinski definition) is 2. The second-order valence-corrected chi connectivity index (χ2v) is 4.97. The van der Waals surface area contributed by atoms with E-state index in [0.717, 1.165) is 13.0 Å². The van der Waals surface area contributed by atoms with Crippen LogP contribution in [0.2, 0.25) is 0 Å². The Hall–Kier alpha value is -2.40. The van der Waals surface area contributed by atoms with Gasteiger partial charge in [0.1, 0.15) is 0 Å². The van der Waals surface area contributed by atoms with Crippen LogP contribution in [0.4, 0.5) is 0 Å². The summed E-state index contributed by atoms with van der Waals surface area (Å²) in [6.45, 7) is 1.01. The quantitative estimate of drug-likeness (QED) is 0.626. The first-order chi connectivity index (χ1) is 10.1. The summed E-state index contributed by atoms with van der Waals surface area (Å²) < 4.78 is 0. The number of rotatable bonds is 6. The second kappa shape index (κ2) is 6.85. The molecule has 21 heavy (non-hydrogen) atoms. The molecule has 0 aliphatic heterocycles. The first kappa shape index (κ1) is 15.0. The van der Waals surface area contributed by atoms with Crippen molar-refractivity contribution in [3.63, 3.8) is 0 Å². The number of benzene rings is 1. The molecule has 1 heterocycles. The molecule has 1 aromatic carbocycles. The normalized spacial score (nSPS) is 10.8. The van der Waals surface area contributed by atoms with Crippen LogP contribution >= 0.6 is 0 Å². The molecule has 110 valence electrons. The van der Waals surface area contributed by atoms with E-state index in [0.29, 0.717) is 5.56 Å². The predicted octanol–water partition coefficient (Wildman–Crippen LogP) is 1.85. The second-order valence-electron chi connectivity index (χ2n) is 4.97. The van der Waals surface area contributed by atoms with Crippen LogP contribution in [0.5, 0.6) is 11.5 Å². The lowest BCUT2D eigenvalue weighted by Gasteiger charge is -2.15. The monoisotopic (exact) mass is 286 g/mol. The molecule has 0 atom stereocenters. The van der Waals surface area contributed by atoms with Gasteiger partial charge in [0.25, 0.3) is 0 Å². The fourth-order valence-electron chi connectivity index (χ4n) is 1.98. The molecule has 0 fully saturated rings. The number of phenols is 2. The van der Waals surface area contributed by atoms with Gasteiger partial charge < -0.3 is 10.2 Å². The van der Waals surface area contributed by atoms with E-state index in [1.54, 1.807) is 12.4 Å². The number of phenolic OH excluding ortho intramolecular Hbond substituents is 2. The van der Waals surface area contributed by atoms with Gasteiger partial charge in [-0.15, -0.1) is 0 Å². The summed E-state index contributed by atoms with van der Waals surface area (Å²) in [5, 5.41) is 18.7. The van der Waals surface area contributed by atoms with Gasteiger partial charge in [0, 0.05) is 24.5 Å². The molecule has 0 radical (unpaired) electrons. The highest BCUT2D eigenvalue weighted by Crippen LogP contribution is 2.25. The van der Waals surface area contributed by atoms with Gasteiger partial charge >= 0.3 is 0 Å². The van der Waals surface area contributed by atoms with Crippen molar-refractivity contribution in [3.8, 4) is 11.5 Å². The maximum atomic E-state index is 12.1. The summed E-state index contributed by atoms with van der Waals surface area (Å²) in [6.07, 6.45) is 4.34. The number of pyridine rings is 1. The molecule has 0 bridgehead atoms. The number of Topliss-reactive ketones (excluding diaryl/α,β-unsaturated/α-hetero) is 1. The van der Waals surface area contributed by atoms with Crippen molar-refractivity contribution in [2.75, 3.05) is 20.1 Å². The molecular formula is C16H18N2O3. The highest BCUT2D eigenvalue weighted by atomic mass is 16.3. The van der Waals surface area contributed by atoms with Gasteiger partial charge in [0.05, 0.1) is 6.54 Å². The largest absolute Gasteiger partial charge is 0.504 e. The summed E-state index contributed by atoms with van der Waals surface area (Å²) in [7, 11) is 1.87. The van der Waals surface area contributed by atoms with Crippen molar-refractivity contribution in [1.82, 2.24) is 9.88 Å². The van der Waals surface area contributed by atoms with Gasteiger partial charge in [-0.05, 0) is 49.4 Å². The maximum absolute atomic E-state index is 12.1. The standard InChI is InChI=1S/C16H18N2O3/c1-18(9-6-12-4-7-17-8-5-12)11-16(21)13-2-3-14(19)15(20)10-13/h2-5,7-8,10,19-20H,6,9,11H2,1H3. The Balaban J connectivity index is 1.88. The van der Waals surface area contributed by atoms with Crippen LogP contribution in [0.3, 0.4) is 0 Å². The Labute approximate surface area is 123 Å². The third-order valence-electron chi connectivity index (χ3n) is 3.24. The molecule has 0 aliphatic rings. The number of likely N-dealkylation sites (N-methyl/N-ethyl adjacent to an activating group) is 1. The fourth-order valence-corrected chi connectivity index (χ4v) is 1.98. The number of hydrogen-bond acceptors (Lipinski definition) is 5. The summed E-state index contributed by atoms with van der Waals surface area (Å²) in [5.41, 5.74) is 1.56. The van der Waals surface area contributed by atoms with Crippen molar-refractivity contribution in [1.29, 1.82) is 0 Å². The third-order valence-corrected chi connectivity index (χ3v) is 3.24. The molecule has 0 aliphatic carbocycles. The van der Waals surface area contributed by atoms with Crippen LogP contribution in [0.25, 0.3) is 0 Å². The van der Waals surface area contributed by atoms with Crippen LogP contribution in [-0.4, -0.2) is 46.0 Å². The van der Waals surface area contributed by atoms with Gasteiger partial charge in [-0.2, -0.15) is 0 Å². The Morgan fingerprint density at radius 3 is 2.52 bits per heavy atom. The minimum Gasteiger partial charge on any atom is -0.504 e. The zero-order valence-electron chi connectivity index (χ0n) is 11.9. The number of ketones is 1. The number of carbonyl (C=O) groups is 1. The van der Waals surface area contributed by atoms with Crippen molar-refractivity contribution in [2.45, 2.75) is 6.42 Å². The molecule has 0 saturated heterocycles. The highest BCUT2D eigenvalue weighted by molar-refractivity contribution is 5.98. The van der Waals surface area contributed by atoms with Crippen LogP contribution < -0.4 is 0 Å². The van der Waals surface area contributed by atoms with E-state index >= 15 is 0 Å². The highest BCUT2D eigenvalue weighted by Gasteiger charge is 2.11. The van der Waals surface area contributed by atoms with E-state index in [1.807, 2.05) is 24.1 Å². The molecule has 1 aromatic heterocycles. The molecule has 0 spiro atoms. The van der Waals surface area contributed by atoms with Crippen molar-refractivity contribution in [2.24, 2.45) is 0 Å². The minimum absolute atomic E-state index is 0.0949. The molecule has 0 saturated carbocycles. The first-order valence-corrected chi connectivity index (χ1v) is 6.69. The Bertz CT molecular complexity index is 614. The average molecular weight is 286 g/mol. The van der Waals surface area contributed by atoms with Crippen molar-refractivity contribution in [3.05, 3.63) is 53.9 Å². The van der Waals surface area contributed by atoms with E-state index in [9.17, 15) is 15.0 Å². The van der Waals surface area contributed by atoms with Gasteiger partial charge in [0.15, 0.2) is 17.3 Å². The zero-order chi connectivity index (χ0) is 15.2. The topological polar surface area (TPSA) is 73.7 Å². The van der Waals surface area contributed by atoms with Gasteiger partial charge in [-0.3, -0.25) is 14.7 Å². The average Bonchev–Trinajstić information content (AvgIpc) is 2.49. The summed E-state index contributed by atoms with van der Waals surface area (Å²) in [4.78, 5) is 18.0. The van der Waals surface area contributed by atoms with Gasteiger partial charge in [0.2, 0.25) is 0 Å². The van der Waals surface area contributed by atoms with Crippen molar-refractivity contribution >= 4 is 5.78 Å². The number of carbonyl (C=O) groups excluding carboxylic acids is 1. The molecule has 2 rings (SSSR count). The number of nitrogens with zero attached hydrogens (tertiary/aromatic N) is 2. The molecule has 5 heteroatoms. The Morgan fingerprint density at radius 2 is 1.86 bits per heavy atom. The minimum atomic E-state index is -0.278. The van der Waals surface area contributed by atoms with Crippen molar-refractivity contribution < 1.29 is 15.0 Å². The lowest BCUT2D eigenvalue weighted by atomic mass is 10.1.